The highest BCUT2D eigenvalue weighted by atomic mass is 16.5. The first-order valence-electron chi connectivity index (χ1n) is 5.50. The molecule has 3 nitrogen and oxygen atoms in total. The predicted octanol–water partition coefficient (Wildman–Crippen LogP) is 2.53. The Kier molecular flexibility index (Phi) is 43.4. The fourth-order valence-electron chi connectivity index (χ4n) is 0.596. The highest BCUT2D eigenvalue weighted by molar-refractivity contribution is 4.43. The minimum absolute atomic E-state index is 0.834. The highest BCUT2D eigenvalue weighted by Crippen LogP contribution is 1.80. The lowest BCUT2D eigenvalue weighted by molar-refractivity contribution is 0.104. The van der Waals surface area contributed by atoms with E-state index in [-0.39, 0.29) is 0 Å². The van der Waals surface area contributed by atoms with Crippen LogP contribution in [0, 0.1) is 0 Å². The molecule has 0 aliphatic rings. The number of rotatable bonds is 6. The van der Waals surface area contributed by atoms with Crippen molar-refractivity contribution in [2.75, 3.05) is 54.5 Å². The number of likely N-dealkylation sites (N-methyl/N-ethyl adjacent to an activating group) is 2. The van der Waals surface area contributed by atoms with E-state index in [1.54, 1.807) is 0 Å². The van der Waals surface area contributed by atoms with Crippen LogP contribution < -0.4 is 0 Å². The topological polar surface area (TPSA) is 15.7 Å². The molecule has 0 aliphatic heterocycles. The van der Waals surface area contributed by atoms with Crippen LogP contribution in [0.1, 0.15) is 0 Å². The van der Waals surface area contributed by atoms with Crippen LogP contribution in [0.2, 0.25) is 0 Å². The third-order valence-corrected chi connectivity index (χ3v) is 1.37. The fourth-order valence-corrected chi connectivity index (χ4v) is 0.596. The van der Waals surface area contributed by atoms with Crippen molar-refractivity contribution in [3.05, 3.63) is 39.5 Å². The molecule has 17 heavy (non-hydrogen) atoms. The Morgan fingerprint density at radius 2 is 0.882 bits per heavy atom. The van der Waals surface area contributed by atoms with Gasteiger partial charge in [0, 0.05) is 13.1 Å². The third kappa shape index (κ3) is 51.4. The van der Waals surface area contributed by atoms with Crippen LogP contribution in [0.25, 0.3) is 0 Å². The highest BCUT2D eigenvalue weighted by Gasteiger charge is 1.91. The molecule has 0 aliphatic carbocycles. The van der Waals surface area contributed by atoms with Crippen LogP contribution in [0.3, 0.4) is 0 Å². The zero-order valence-electron chi connectivity index (χ0n) is 12.4. The van der Waals surface area contributed by atoms with Crippen molar-refractivity contribution < 1.29 is 4.74 Å². The average molecular weight is 244 g/mol. The van der Waals surface area contributed by atoms with E-state index in [2.05, 4.69) is 77.5 Å². The second-order valence-corrected chi connectivity index (χ2v) is 3.22. The van der Waals surface area contributed by atoms with Gasteiger partial charge in [0.05, 0.1) is 13.2 Å². The predicted molar refractivity (Wildman–Crippen MR) is 81.7 cm³/mol. The Hall–Kier alpha value is -0.900. The maximum absolute atomic E-state index is 5.37. The lowest BCUT2D eigenvalue weighted by Crippen LogP contribution is -2.22. The number of hydrogen-bond donors (Lipinski definition) is 0. The molecule has 0 fully saturated rings. The molecule has 0 spiro atoms. The van der Waals surface area contributed by atoms with Gasteiger partial charge in [0.15, 0.2) is 0 Å². The fraction of sp³-hybridized carbons (Fsp3) is 0.571. The molecule has 0 radical (unpaired) electrons. The van der Waals surface area contributed by atoms with Crippen LogP contribution in [0.5, 0.6) is 0 Å². The van der Waals surface area contributed by atoms with Gasteiger partial charge in [0.2, 0.25) is 0 Å². The maximum Gasteiger partial charge on any atom is 0.0593 e. The average Bonchev–Trinajstić information content (AvgIpc) is 2.35. The van der Waals surface area contributed by atoms with Gasteiger partial charge in [0.25, 0.3) is 0 Å². The van der Waals surface area contributed by atoms with Crippen molar-refractivity contribution in [1.82, 2.24) is 9.80 Å². The van der Waals surface area contributed by atoms with Crippen LogP contribution >= 0.6 is 0 Å². The van der Waals surface area contributed by atoms with E-state index in [9.17, 15) is 0 Å². The molecule has 104 valence electrons. The van der Waals surface area contributed by atoms with Gasteiger partial charge >= 0.3 is 0 Å². The summed E-state index contributed by atoms with van der Waals surface area (Å²) in [6, 6.07) is 0. The summed E-state index contributed by atoms with van der Waals surface area (Å²) in [6.07, 6.45) is 0. The molecular weight excluding hydrogens is 212 g/mol. The lowest BCUT2D eigenvalue weighted by Gasteiger charge is -2.12. The molecule has 0 aromatic rings. The van der Waals surface area contributed by atoms with Gasteiger partial charge < -0.3 is 14.5 Å². The molecule has 0 bridgehead atoms. The largest absolute Gasteiger partial charge is 0.379 e. The molecular formula is C14H32N2O. The van der Waals surface area contributed by atoms with Crippen LogP contribution in [0.4, 0.5) is 0 Å². The van der Waals surface area contributed by atoms with E-state index < -0.39 is 0 Å². The van der Waals surface area contributed by atoms with Gasteiger partial charge in [-0.05, 0) is 28.2 Å². The Bertz CT molecular complexity index is 102. The third-order valence-electron chi connectivity index (χ3n) is 1.37. The molecule has 0 amide bonds. The monoisotopic (exact) mass is 244 g/mol. The first-order valence-corrected chi connectivity index (χ1v) is 5.50. The first kappa shape index (κ1) is 25.1. The van der Waals surface area contributed by atoms with Gasteiger partial charge in [-0.1, -0.05) is 0 Å². The van der Waals surface area contributed by atoms with Crippen LogP contribution in [0.15, 0.2) is 39.5 Å². The Labute approximate surface area is 109 Å². The SMILES string of the molecule is C=C.C=C.C=C.CN(C)CCOCCN(C)C. The van der Waals surface area contributed by atoms with E-state index in [1.165, 1.54) is 0 Å². The van der Waals surface area contributed by atoms with E-state index >= 15 is 0 Å². The van der Waals surface area contributed by atoms with Crippen molar-refractivity contribution >= 4 is 0 Å². The summed E-state index contributed by atoms with van der Waals surface area (Å²) in [4.78, 5) is 4.24. The minimum Gasteiger partial charge on any atom is -0.379 e. The first-order chi connectivity index (χ1) is 8.13. The standard InChI is InChI=1S/C8H20N2O.3C2H4/c1-9(2)5-7-11-8-6-10(3)4;3*1-2/h5-8H2,1-4H3;3*1-2H2. The normalized spacial score (nSPS) is 8.12. The van der Waals surface area contributed by atoms with E-state index in [4.69, 9.17) is 4.74 Å². The molecule has 3 heteroatoms. The van der Waals surface area contributed by atoms with Gasteiger partial charge in [-0.3, -0.25) is 0 Å². The smallest absolute Gasteiger partial charge is 0.0593 e. The summed E-state index contributed by atoms with van der Waals surface area (Å²) in [5.74, 6) is 0. The molecule has 0 saturated carbocycles. The van der Waals surface area contributed by atoms with E-state index in [0.29, 0.717) is 0 Å². The van der Waals surface area contributed by atoms with E-state index in [0.717, 1.165) is 26.3 Å². The Balaban J connectivity index is -0.000000121. The number of ether oxygens (including phenoxy) is 1. The van der Waals surface area contributed by atoms with Crippen molar-refractivity contribution in [1.29, 1.82) is 0 Å². The van der Waals surface area contributed by atoms with Crippen molar-refractivity contribution in [3.63, 3.8) is 0 Å². The molecule has 0 rings (SSSR count). The molecule has 0 heterocycles. The molecule has 0 aromatic carbocycles. The lowest BCUT2D eigenvalue weighted by atomic mass is 10.6. The Morgan fingerprint density at radius 1 is 0.647 bits per heavy atom. The maximum atomic E-state index is 5.37. The molecule has 0 N–H and O–H groups in total. The summed E-state index contributed by atoms with van der Waals surface area (Å²) >= 11 is 0. The second-order valence-electron chi connectivity index (χ2n) is 3.22. The number of hydrogen-bond acceptors (Lipinski definition) is 3. The summed E-state index contributed by atoms with van der Waals surface area (Å²) in [5, 5.41) is 0. The summed E-state index contributed by atoms with van der Waals surface area (Å²) in [5.41, 5.74) is 0. The van der Waals surface area contributed by atoms with Crippen LogP contribution in [-0.2, 0) is 4.74 Å². The minimum atomic E-state index is 0.834. The quantitative estimate of drug-likeness (QED) is 0.527. The van der Waals surface area contributed by atoms with Crippen molar-refractivity contribution in [2.45, 2.75) is 0 Å². The van der Waals surface area contributed by atoms with Gasteiger partial charge in [-0.2, -0.15) is 0 Å². The van der Waals surface area contributed by atoms with Gasteiger partial charge in [-0.15, -0.1) is 39.5 Å². The Morgan fingerprint density at radius 3 is 1.06 bits per heavy atom. The van der Waals surface area contributed by atoms with Crippen molar-refractivity contribution in [3.8, 4) is 0 Å². The second kappa shape index (κ2) is 29.4. The molecule has 0 atom stereocenters. The van der Waals surface area contributed by atoms with Crippen molar-refractivity contribution in [2.24, 2.45) is 0 Å². The molecule has 0 saturated heterocycles. The molecule has 0 unspecified atom stereocenters. The summed E-state index contributed by atoms with van der Waals surface area (Å²) in [7, 11) is 8.20. The zero-order chi connectivity index (χ0) is 14.7. The number of nitrogens with zero attached hydrogens (tertiary/aromatic N) is 2. The molecule has 0 aromatic heterocycles. The van der Waals surface area contributed by atoms with Gasteiger partial charge in [0.1, 0.15) is 0 Å². The summed E-state index contributed by atoms with van der Waals surface area (Å²) < 4.78 is 5.37. The van der Waals surface area contributed by atoms with Crippen LogP contribution in [-0.4, -0.2) is 64.3 Å². The summed E-state index contributed by atoms with van der Waals surface area (Å²) in [6.45, 7) is 21.7. The van der Waals surface area contributed by atoms with Gasteiger partial charge in [-0.25, -0.2) is 0 Å². The van der Waals surface area contributed by atoms with E-state index in [1.807, 2.05) is 0 Å². The zero-order valence-corrected chi connectivity index (χ0v) is 12.4.